The van der Waals surface area contributed by atoms with E-state index in [1.165, 1.54) is 16.8 Å². The molecule has 0 spiro atoms. The highest BCUT2D eigenvalue weighted by atomic mass is 19.1. The van der Waals surface area contributed by atoms with Gasteiger partial charge in [-0.1, -0.05) is 5.21 Å². The van der Waals surface area contributed by atoms with E-state index in [0.29, 0.717) is 5.69 Å². The summed E-state index contributed by atoms with van der Waals surface area (Å²) in [5, 5.41) is 16.1. The van der Waals surface area contributed by atoms with Crippen LogP contribution in [-0.2, 0) is 13.7 Å². The van der Waals surface area contributed by atoms with E-state index in [2.05, 4.69) is 10.3 Å². The second-order valence-corrected chi connectivity index (χ2v) is 3.43. The number of hydrogen-bond donors (Lipinski definition) is 0. The Bertz CT molecular complexity index is 573. The van der Waals surface area contributed by atoms with E-state index in [1.54, 1.807) is 13.2 Å². The van der Waals surface area contributed by atoms with E-state index in [9.17, 15) is 4.39 Å². The molecular formula is C11H9FN4O. The highest BCUT2D eigenvalue weighted by Gasteiger charge is 2.06. The zero-order chi connectivity index (χ0) is 12.3. The molecule has 0 unspecified atom stereocenters. The summed E-state index contributed by atoms with van der Waals surface area (Å²) in [5.74, 6) is -0.470. The summed E-state index contributed by atoms with van der Waals surface area (Å²) >= 11 is 0. The maximum atomic E-state index is 13.4. The third-order valence-electron chi connectivity index (χ3n) is 2.09. The van der Waals surface area contributed by atoms with E-state index in [1.807, 2.05) is 6.07 Å². The van der Waals surface area contributed by atoms with Gasteiger partial charge in [-0.3, -0.25) is 4.68 Å². The van der Waals surface area contributed by atoms with Gasteiger partial charge >= 0.3 is 0 Å². The Labute approximate surface area is 97.1 Å². The van der Waals surface area contributed by atoms with Crippen LogP contribution in [0, 0.1) is 17.1 Å². The summed E-state index contributed by atoms with van der Waals surface area (Å²) in [6.07, 6.45) is 1.68. The van der Waals surface area contributed by atoms with Gasteiger partial charge in [0.1, 0.15) is 12.3 Å². The lowest BCUT2D eigenvalue weighted by Gasteiger charge is -2.04. The van der Waals surface area contributed by atoms with E-state index in [-0.39, 0.29) is 17.9 Å². The molecule has 0 saturated heterocycles. The van der Waals surface area contributed by atoms with Gasteiger partial charge in [0.05, 0.1) is 17.8 Å². The fraction of sp³-hybridized carbons (Fsp3) is 0.182. The van der Waals surface area contributed by atoms with Crippen LogP contribution in [0.15, 0.2) is 24.4 Å². The van der Waals surface area contributed by atoms with Gasteiger partial charge in [0, 0.05) is 7.05 Å². The number of aromatic nitrogens is 3. The third-order valence-corrected chi connectivity index (χ3v) is 2.09. The number of nitrogens with zero attached hydrogens (tertiary/aromatic N) is 4. The highest BCUT2D eigenvalue weighted by Crippen LogP contribution is 2.18. The van der Waals surface area contributed by atoms with Crippen LogP contribution in [0.2, 0.25) is 0 Å². The van der Waals surface area contributed by atoms with Crippen molar-refractivity contribution in [2.75, 3.05) is 0 Å². The average Bonchev–Trinajstić information content (AvgIpc) is 2.73. The van der Waals surface area contributed by atoms with Gasteiger partial charge in [0.15, 0.2) is 11.6 Å². The first kappa shape index (κ1) is 11.1. The second-order valence-electron chi connectivity index (χ2n) is 3.43. The van der Waals surface area contributed by atoms with Crippen molar-refractivity contribution in [3.63, 3.8) is 0 Å². The van der Waals surface area contributed by atoms with Gasteiger partial charge in [-0.2, -0.15) is 5.26 Å². The Morgan fingerprint density at radius 2 is 2.35 bits per heavy atom. The quantitative estimate of drug-likeness (QED) is 0.802. The summed E-state index contributed by atoms with van der Waals surface area (Å²) < 4.78 is 20.2. The number of aryl methyl sites for hydroxylation is 1. The van der Waals surface area contributed by atoms with Crippen LogP contribution in [0.1, 0.15) is 11.3 Å². The molecule has 2 aromatic rings. The van der Waals surface area contributed by atoms with Crippen LogP contribution in [0.5, 0.6) is 5.75 Å². The zero-order valence-corrected chi connectivity index (χ0v) is 9.09. The Kier molecular flexibility index (Phi) is 3.01. The smallest absolute Gasteiger partial charge is 0.166 e. The SMILES string of the molecule is Cn1cc(COc2ccc(C#N)cc2F)nn1. The summed E-state index contributed by atoms with van der Waals surface area (Å²) in [6, 6.07) is 5.90. The van der Waals surface area contributed by atoms with Gasteiger partial charge in [-0.05, 0) is 18.2 Å². The maximum Gasteiger partial charge on any atom is 0.166 e. The first-order valence-corrected chi connectivity index (χ1v) is 4.86. The van der Waals surface area contributed by atoms with Crippen molar-refractivity contribution in [3.8, 4) is 11.8 Å². The lowest BCUT2D eigenvalue weighted by Crippen LogP contribution is -1.98. The van der Waals surface area contributed by atoms with Crippen LogP contribution in [0.3, 0.4) is 0 Å². The molecule has 0 N–H and O–H groups in total. The minimum atomic E-state index is -0.562. The number of benzene rings is 1. The number of halogens is 1. The Morgan fingerprint density at radius 3 is 2.94 bits per heavy atom. The van der Waals surface area contributed by atoms with Crippen molar-refractivity contribution >= 4 is 0 Å². The molecule has 0 bridgehead atoms. The third kappa shape index (κ3) is 2.58. The van der Waals surface area contributed by atoms with E-state index >= 15 is 0 Å². The number of rotatable bonds is 3. The maximum absolute atomic E-state index is 13.4. The van der Waals surface area contributed by atoms with Crippen LogP contribution in [-0.4, -0.2) is 15.0 Å². The summed E-state index contributed by atoms with van der Waals surface area (Å²) in [4.78, 5) is 0. The van der Waals surface area contributed by atoms with Crippen LogP contribution in [0.25, 0.3) is 0 Å². The number of hydrogen-bond acceptors (Lipinski definition) is 4. The first-order valence-electron chi connectivity index (χ1n) is 4.86. The number of nitriles is 1. The summed E-state index contributed by atoms with van der Waals surface area (Å²) in [6.45, 7) is 0.136. The fourth-order valence-corrected chi connectivity index (χ4v) is 1.30. The molecule has 17 heavy (non-hydrogen) atoms. The van der Waals surface area contributed by atoms with Crippen molar-refractivity contribution in [3.05, 3.63) is 41.5 Å². The molecule has 5 nitrogen and oxygen atoms in total. The van der Waals surface area contributed by atoms with Gasteiger partial charge in [-0.25, -0.2) is 4.39 Å². The summed E-state index contributed by atoms with van der Waals surface area (Å²) in [7, 11) is 1.73. The number of ether oxygens (including phenoxy) is 1. The standard InChI is InChI=1S/C11H9FN4O/c1-16-6-9(14-15-16)7-17-11-3-2-8(5-13)4-10(11)12/h2-4,6H,7H2,1H3. The fourth-order valence-electron chi connectivity index (χ4n) is 1.30. The van der Waals surface area contributed by atoms with Gasteiger partial charge < -0.3 is 4.74 Å². The lowest BCUT2D eigenvalue weighted by molar-refractivity contribution is 0.285. The molecule has 0 atom stereocenters. The predicted molar refractivity (Wildman–Crippen MR) is 56.5 cm³/mol. The van der Waals surface area contributed by atoms with E-state index < -0.39 is 5.82 Å². The Hall–Kier alpha value is -2.42. The van der Waals surface area contributed by atoms with Crippen LogP contribution < -0.4 is 4.74 Å². The molecule has 6 heteroatoms. The molecule has 0 aliphatic heterocycles. The molecular weight excluding hydrogens is 223 g/mol. The van der Waals surface area contributed by atoms with E-state index in [0.717, 1.165) is 6.07 Å². The Balaban J connectivity index is 2.07. The van der Waals surface area contributed by atoms with Crippen LogP contribution >= 0.6 is 0 Å². The van der Waals surface area contributed by atoms with Crippen molar-refractivity contribution in [2.24, 2.45) is 7.05 Å². The largest absolute Gasteiger partial charge is 0.484 e. The topological polar surface area (TPSA) is 63.7 Å². The molecule has 0 radical (unpaired) electrons. The molecule has 86 valence electrons. The van der Waals surface area contributed by atoms with Gasteiger partial charge in [0.25, 0.3) is 0 Å². The summed E-state index contributed by atoms with van der Waals surface area (Å²) in [5.41, 5.74) is 0.866. The molecule has 1 heterocycles. The van der Waals surface area contributed by atoms with Crippen molar-refractivity contribution in [1.29, 1.82) is 5.26 Å². The molecule has 2 rings (SSSR count). The molecule has 1 aromatic carbocycles. The molecule has 1 aromatic heterocycles. The molecule has 0 amide bonds. The van der Waals surface area contributed by atoms with Crippen molar-refractivity contribution in [1.82, 2.24) is 15.0 Å². The Morgan fingerprint density at radius 1 is 1.53 bits per heavy atom. The molecule has 0 aliphatic rings. The van der Waals surface area contributed by atoms with Gasteiger partial charge in [0.2, 0.25) is 0 Å². The predicted octanol–water partition coefficient (Wildman–Crippen LogP) is 1.40. The van der Waals surface area contributed by atoms with E-state index in [4.69, 9.17) is 10.00 Å². The minimum Gasteiger partial charge on any atom is -0.484 e. The lowest BCUT2D eigenvalue weighted by atomic mass is 10.2. The molecule has 0 fully saturated rings. The van der Waals surface area contributed by atoms with Crippen LogP contribution in [0.4, 0.5) is 4.39 Å². The second kappa shape index (κ2) is 4.61. The minimum absolute atomic E-state index is 0.0923. The van der Waals surface area contributed by atoms with Crippen molar-refractivity contribution in [2.45, 2.75) is 6.61 Å². The molecule has 0 saturated carbocycles. The normalized spacial score (nSPS) is 9.94. The van der Waals surface area contributed by atoms with Crippen molar-refractivity contribution < 1.29 is 9.13 Å². The molecule has 0 aliphatic carbocycles. The monoisotopic (exact) mass is 232 g/mol. The van der Waals surface area contributed by atoms with Gasteiger partial charge in [-0.15, -0.1) is 5.10 Å². The highest BCUT2D eigenvalue weighted by molar-refractivity contribution is 5.36. The first-order chi connectivity index (χ1) is 8.19. The zero-order valence-electron chi connectivity index (χ0n) is 9.09. The average molecular weight is 232 g/mol.